The van der Waals surface area contributed by atoms with Gasteiger partial charge in [0.05, 0.1) is 45.4 Å². The van der Waals surface area contributed by atoms with Crippen molar-refractivity contribution in [2.24, 2.45) is 36.1 Å². The minimum Gasteiger partial charge on any atom is -0.490 e. The van der Waals surface area contributed by atoms with Crippen molar-refractivity contribution in [3.63, 3.8) is 0 Å². The van der Waals surface area contributed by atoms with Gasteiger partial charge in [-0.15, -0.1) is 30.7 Å². The van der Waals surface area contributed by atoms with Crippen LogP contribution in [0.1, 0.15) is 64.5 Å². The van der Waals surface area contributed by atoms with Gasteiger partial charge < -0.3 is 34.6 Å². The number of aromatic nitrogens is 6. The summed E-state index contributed by atoms with van der Waals surface area (Å²) in [6.07, 6.45) is 10.2. The Morgan fingerprint density at radius 2 is 0.701 bits per heavy atom. The van der Waals surface area contributed by atoms with E-state index in [1.54, 1.807) is 108 Å². The molecule has 0 saturated heterocycles. The minimum absolute atomic E-state index is 0.0626. The number of rotatable bonds is 19. The van der Waals surface area contributed by atoms with E-state index in [1.165, 1.54) is 54.6 Å². The van der Waals surface area contributed by atoms with Crippen molar-refractivity contribution in [1.82, 2.24) is 15.0 Å². The van der Waals surface area contributed by atoms with Crippen LogP contribution in [0, 0.1) is 47.0 Å². The average molecular weight is 1180 g/mol. The number of hydrogen-bond acceptors (Lipinski definition) is 19. The first kappa shape index (κ1) is 60.1. The van der Waals surface area contributed by atoms with Crippen molar-refractivity contribution in [2.45, 2.75) is 41.5 Å². The van der Waals surface area contributed by atoms with Crippen LogP contribution in [0.4, 0.5) is 34.1 Å². The van der Waals surface area contributed by atoms with Crippen molar-refractivity contribution in [3.8, 4) is 34.7 Å². The smallest absolute Gasteiger partial charge is 0.340 e. The number of pyridine rings is 6. The highest BCUT2D eigenvalue weighted by molar-refractivity contribution is 5.96. The number of nitrogens with zero attached hydrogens (tertiary/aromatic N) is 9. The Bertz CT molecular complexity index is 4020. The molecule has 7 N–H and O–H groups in total. The second-order valence-electron chi connectivity index (χ2n) is 20.3. The summed E-state index contributed by atoms with van der Waals surface area (Å²) in [7, 11) is 0. The van der Waals surface area contributed by atoms with Crippen LogP contribution in [0.3, 0.4) is 0 Å². The zero-order valence-electron chi connectivity index (χ0n) is 47.7. The number of aromatic amines is 3. The van der Waals surface area contributed by atoms with Crippen LogP contribution in [-0.2, 0) is 14.2 Å². The van der Waals surface area contributed by atoms with E-state index < -0.39 is 84.1 Å². The number of azo groups is 3. The number of hydrogen-bond donors (Lipinski definition) is 7. The summed E-state index contributed by atoms with van der Waals surface area (Å²) in [6.45, 7) is 6.98. The fraction of sp³-hybridized carbons (Fsp3) is 0.177. The number of nitrogens with one attached hydrogen (secondary N) is 3. The molecule has 25 nitrogen and oxygen atoms in total. The normalized spacial score (nSPS) is 11.6. The molecule has 0 bridgehead atoms. The van der Waals surface area contributed by atoms with Crippen LogP contribution >= 0.6 is 0 Å². The van der Waals surface area contributed by atoms with E-state index in [9.17, 15) is 49.2 Å². The number of H-pyrrole nitrogens is 3. The summed E-state index contributed by atoms with van der Waals surface area (Å²) in [5, 5.41) is 68.9. The number of carbonyl (C=O) groups is 3. The van der Waals surface area contributed by atoms with Crippen LogP contribution in [-0.4, -0.2) is 79.7 Å². The van der Waals surface area contributed by atoms with Crippen LogP contribution in [0.2, 0.25) is 0 Å². The van der Waals surface area contributed by atoms with Crippen molar-refractivity contribution >= 4 is 52.0 Å². The molecule has 0 unspecified atom stereocenters. The van der Waals surface area contributed by atoms with E-state index >= 15 is 0 Å². The fourth-order valence-corrected chi connectivity index (χ4v) is 9.23. The number of aryl methyl sites for hydroxylation is 3. The minimum atomic E-state index is -1.93. The number of ether oxygens (including phenoxy) is 3. The van der Waals surface area contributed by atoms with E-state index in [0.29, 0.717) is 0 Å². The van der Waals surface area contributed by atoms with E-state index in [2.05, 4.69) is 45.6 Å². The summed E-state index contributed by atoms with van der Waals surface area (Å²) >= 11 is 0. The number of benzene rings is 3. The lowest BCUT2D eigenvalue weighted by atomic mass is 9.92. The Balaban J connectivity index is 1.01. The fourth-order valence-electron chi connectivity index (χ4n) is 9.23. The molecule has 0 fully saturated rings. The zero-order valence-corrected chi connectivity index (χ0v) is 47.7. The van der Waals surface area contributed by atoms with Crippen molar-refractivity contribution in [2.75, 3.05) is 26.4 Å². The first-order valence-corrected chi connectivity index (χ1v) is 26.7. The molecule has 0 radical (unpaired) electrons. The Hall–Kier alpha value is -11.5. The molecule has 25 heteroatoms. The highest BCUT2D eigenvalue weighted by atomic mass is 16.6. The second kappa shape index (κ2) is 26.0. The molecule has 87 heavy (non-hydrogen) atoms. The molecular weight excluding hydrogens is 1120 g/mol. The standard InChI is InChI=1S/C62H54N12O13/c1-35-16-13-25-72(28-35)50-38(4)47(53(76)63-56(50)79)69-66-44-22-10-7-19-41(44)59(82)85-32-62(31-75,33-86-60(83)42-20-8-11-23-45(42)67-70-48-39(5)51(57(80)64-54(48)77)73-26-14-17-36(2)29-73)34-87-61(84)43-21-9-12-24-46(43)68-71-49-40(6)52(58(81)65-55(49)78)74-27-15-18-37(3)30-74/h7-30,75H,31-34H2,1-6H3,(H3-3,63,64,65,66,67,68,76,77,78,79,80,81,82,83,84)/p+3. The molecule has 9 aromatic rings. The molecular formula is C62H57N12O13+3. The first-order chi connectivity index (χ1) is 41.8. The van der Waals surface area contributed by atoms with Gasteiger partial charge in [-0.1, -0.05) is 36.4 Å². The molecule has 0 saturated carbocycles. The van der Waals surface area contributed by atoms with Gasteiger partial charge in [-0.2, -0.15) is 13.7 Å². The van der Waals surface area contributed by atoms with E-state index in [1.807, 2.05) is 39.0 Å². The molecule has 9 rings (SSSR count). The molecule has 0 aliphatic rings. The van der Waals surface area contributed by atoms with Crippen molar-refractivity contribution in [1.29, 1.82) is 0 Å². The summed E-state index contributed by atoms with van der Waals surface area (Å²) in [5.41, 5.74) is -1.46. The quantitative estimate of drug-likeness (QED) is 0.0173. The molecule has 0 spiro atoms. The molecule has 0 aliphatic heterocycles. The van der Waals surface area contributed by atoms with Gasteiger partial charge in [0.15, 0.2) is 54.2 Å². The van der Waals surface area contributed by atoms with E-state index in [0.717, 1.165) is 16.7 Å². The van der Waals surface area contributed by atoms with E-state index in [4.69, 9.17) is 14.2 Å². The lowest BCUT2D eigenvalue weighted by molar-refractivity contribution is -0.597. The predicted molar refractivity (Wildman–Crippen MR) is 311 cm³/mol. The Morgan fingerprint density at radius 3 is 0.966 bits per heavy atom. The lowest BCUT2D eigenvalue weighted by Crippen LogP contribution is -2.42. The molecule has 440 valence electrons. The monoisotopic (exact) mass is 1180 g/mol. The molecule has 0 atom stereocenters. The SMILES string of the molecule is Cc1ccc[n+](-c2c(O)[nH]c(=O)c(/N=N\c3ccccc3C(=O)OCC(CO)(COC(=O)c3ccccc3/N=N\c3c(C)c(-[n+]4cccc(C)c4)c(O)[nH]c3=O)COC(=O)c3ccccc3/N=N/c3c(C)c(-[n+]4cccc(C)c4)c(O)[nH]c3=O)c2C)c1. The molecule has 0 amide bonds. The number of aromatic hydroxyl groups is 3. The number of carbonyl (C=O) groups excluding carboxylic acids is 3. The van der Waals surface area contributed by atoms with Gasteiger partial charge in [0.25, 0.3) is 51.4 Å². The van der Waals surface area contributed by atoms with Crippen LogP contribution in [0.15, 0.2) is 191 Å². The van der Waals surface area contributed by atoms with Crippen LogP contribution < -0.4 is 30.4 Å². The third kappa shape index (κ3) is 13.3. The largest absolute Gasteiger partial charge is 0.490 e. The van der Waals surface area contributed by atoms with Gasteiger partial charge in [0.2, 0.25) is 0 Å². The third-order valence-corrected chi connectivity index (χ3v) is 13.8. The Morgan fingerprint density at radius 1 is 0.425 bits per heavy atom. The summed E-state index contributed by atoms with van der Waals surface area (Å²) < 4.78 is 22.3. The topological polar surface area (TPSA) is 344 Å². The maximum Gasteiger partial charge on any atom is 0.340 e. The second-order valence-corrected chi connectivity index (χ2v) is 20.3. The van der Waals surface area contributed by atoms with Gasteiger partial charge in [0.1, 0.15) is 36.9 Å². The predicted octanol–water partition coefficient (Wildman–Crippen LogP) is 8.64. The summed E-state index contributed by atoms with van der Waals surface area (Å²) in [5.74, 6) is -4.34. The molecule has 3 aromatic carbocycles. The maximum atomic E-state index is 14.2. The number of aliphatic hydroxyl groups excluding tert-OH is 1. The third-order valence-electron chi connectivity index (χ3n) is 13.8. The highest BCUT2D eigenvalue weighted by Crippen LogP contribution is 2.33. The zero-order chi connectivity index (χ0) is 62.1. The van der Waals surface area contributed by atoms with E-state index in [-0.39, 0.29) is 84.6 Å². The van der Waals surface area contributed by atoms with Gasteiger partial charge in [-0.25, -0.2) is 14.4 Å². The van der Waals surface area contributed by atoms with Gasteiger partial charge >= 0.3 is 17.9 Å². The summed E-state index contributed by atoms with van der Waals surface area (Å²) in [6, 6.07) is 28.4. The van der Waals surface area contributed by atoms with Gasteiger partial charge in [-0.3, -0.25) is 29.3 Å². The highest BCUT2D eigenvalue weighted by Gasteiger charge is 2.37. The molecule has 0 aliphatic carbocycles. The Kier molecular flexibility index (Phi) is 18.0. The number of aliphatic hydroxyl groups is 1. The first-order valence-electron chi connectivity index (χ1n) is 26.7. The molecule has 6 aromatic heterocycles. The lowest BCUT2D eigenvalue weighted by Gasteiger charge is -2.30. The van der Waals surface area contributed by atoms with Gasteiger partial charge in [0, 0.05) is 34.9 Å². The van der Waals surface area contributed by atoms with Crippen molar-refractivity contribution < 1.29 is 62.7 Å². The van der Waals surface area contributed by atoms with Crippen molar-refractivity contribution in [3.05, 3.63) is 228 Å². The number of esters is 3. The Labute approximate surface area is 494 Å². The summed E-state index contributed by atoms with van der Waals surface area (Å²) in [4.78, 5) is 89.3. The average Bonchev–Trinajstić information content (AvgIpc) is 2.89. The van der Waals surface area contributed by atoms with Crippen LogP contribution in [0.5, 0.6) is 17.6 Å². The van der Waals surface area contributed by atoms with Gasteiger partial charge in [-0.05, 0) is 96.1 Å². The maximum absolute atomic E-state index is 14.2. The molecule has 6 heterocycles. The van der Waals surface area contributed by atoms with Crippen LogP contribution in [0.25, 0.3) is 17.1 Å².